The van der Waals surface area contributed by atoms with Gasteiger partial charge in [0, 0.05) is 5.69 Å². The second kappa shape index (κ2) is 6.29. The van der Waals surface area contributed by atoms with Crippen LogP contribution < -0.4 is 5.32 Å². The van der Waals surface area contributed by atoms with E-state index in [1.54, 1.807) is 6.92 Å². The van der Waals surface area contributed by atoms with Crippen LogP contribution in [0.4, 0.5) is 5.69 Å². The molecule has 0 unspecified atom stereocenters. The average molecular weight is 391 g/mol. The minimum Gasteiger partial charge on any atom is -0.360 e. The molecule has 0 aliphatic heterocycles. The van der Waals surface area contributed by atoms with E-state index in [4.69, 9.17) is 4.52 Å². The highest BCUT2D eigenvalue weighted by atomic mass is 79.9. The Hall–Kier alpha value is -1.92. The number of aromatic nitrogens is 1. The van der Waals surface area contributed by atoms with E-state index in [1.165, 1.54) is 11.3 Å². The number of anilines is 1. The molecule has 0 saturated carbocycles. The molecule has 0 radical (unpaired) electrons. The zero-order chi connectivity index (χ0) is 16.6. The third-order valence-corrected chi connectivity index (χ3v) is 5.01. The Bertz CT molecular complexity index is 862. The Morgan fingerprint density at radius 2 is 1.87 bits per heavy atom. The topological polar surface area (TPSA) is 55.1 Å². The van der Waals surface area contributed by atoms with E-state index in [2.05, 4.69) is 32.5 Å². The minimum atomic E-state index is -0.215. The maximum absolute atomic E-state index is 12.7. The number of carbonyl (C=O) groups is 1. The van der Waals surface area contributed by atoms with E-state index in [-0.39, 0.29) is 5.91 Å². The summed E-state index contributed by atoms with van der Waals surface area (Å²) in [7, 11) is 0. The largest absolute Gasteiger partial charge is 0.360 e. The predicted octanol–water partition coefficient (Wildman–Crippen LogP) is 5.34. The van der Waals surface area contributed by atoms with E-state index in [0.29, 0.717) is 17.0 Å². The molecule has 6 heteroatoms. The second-order valence-corrected chi connectivity index (χ2v) is 7.86. The molecule has 1 N–H and O–H groups in total. The molecule has 1 aromatic carbocycles. The van der Waals surface area contributed by atoms with Gasteiger partial charge in [0.05, 0.1) is 8.66 Å². The smallest absolute Gasteiger partial charge is 0.261 e. The van der Waals surface area contributed by atoms with Crippen LogP contribution in [-0.4, -0.2) is 11.1 Å². The number of rotatable bonds is 3. The van der Waals surface area contributed by atoms with E-state index < -0.39 is 0 Å². The van der Waals surface area contributed by atoms with Gasteiger partial charge in [0.15, 0.2) is 0 Å². The molecule has 0 atom stereocenters. The fraction of sp³-hybridized carbons (Fsp3) is 0.176. The Morgan fingerprint density at radius 3 is 2.48 bits per heavy atom. The molecule has 4 nitrogen and oxygen atoms in total. The van der Waals surface area contributed by atoms with E-state index in [9.17, 15) is 4.79 Å². The maximum atomic E-state index is 12.7. The van der Waals surface area contributed by atoms with Gasteiger partial charge in [0.1, 0.15) is 17.0 Å². The lowest BCUT2D eigenvalue weighted by Crippen LogP contribution is -2.13. The summed E-state index contributed by atoms with van der Waals surface area (Å²) in [5, 5.41) is 6.99. The summed E-state index contributed by atoms with van der Waals surface area (Å²) in [5.41, 5.74) is 4.01. The summed E-state index contributed by atoms with van der Waals surface area (Å²) in [6.45, 7) is 5.75. The van der Waals surface area contributed by atoms with Crippen molar-refractivity contribution in [2.75, 3.05) is 5.32 Å². The van der Waals surface area contributed by atoms with Gasteiger partial charge in [-0.3, -0.25) is 4.79 Å². The molecule has 0 bridgehead atoms. The van der Waals surface area contributed by atoms with Gasteiger partial charge in [-0.15, -0.1) is 11.3 Å². The summed E-state index contributed by atoms with van der Waals surface area (Å²) in [6, 6.07) is 9.79. The molecule has 2 aromatic heterocycles. The number of thiophene rings is 1. The van der Waals surface area contributed by atoms with Crippen molar-refractivity contribution in [2.24, 2.45) is 0 Å². The summed E-state index contributed by atoms with van der Waals surface area (Å²) >= 11 is 4.94. The number of nitrogens with zero attached hydrogens (tertiary/aromatic N) is 1. The molecule has 0 saturated heterocycles. The number of aryl methyl sites for hydroxylation is 3. The third-order valence-electron chi connectivity index (χ3n) is 3.38. The van der Waals surface area contributed by atoms with Gasteiger partial charge < -0.3 is 9.84 Å². The van der Waals surface area contributed by atoms with E-state index >= 15 is 0 Å². The van der Waals surface area contributed by atoms with Crippen LogP contribution in [-0.2, 0) is 0 Å². The molecular formula is C17H15BrN2O2S. The molecular weight excluding hydrogens is 376 g/mol. The average Bonchev–Trinajstić information content (AvgIpc) is 3.03. The minimum absolute atomic E-state index is 0.215. The standard InChI is InChI=1S/C17H15BrN2O2S/c1-9-6-10(2)8-12(7-9)19-17(21)15-11(3)22-20-16(15)13-4-5-14(18)23-13/h4-8H,1-3H3,(H,19,21). The Kier molecular flexibility index (Phi) is 4.37. The first-order chi connectivity index (χ1) is 10.9. The van der Waals surface area contributed by atoms with Crippen molar-refractivity contribution in [3.8, 4) is 10.6 Å². The molecule has 0 aliphatic carbocycles. The fourth-order valence-electron chi connectivity index (χ4n) is 2.49. The number of halogens is 1. The quantitative estimate of drug-likeness (QED) is 0.656. The lowest BCUT2D eigenvalue weighted by Gasteiger charge is -2.07. The lowest BCUT2D eigenvalue weighted by molar-refractivity contribution is 0.102. The first-order valence-corrected chi connectivity index (χ1v) is 8.66. The normalized spacial score (nSPS) is 10.8. The van der Waals surface area contributed by atoms with Gasteiger partial charge in [-0.1, -0.05) is 11.2 Å². The monoisotopic (exact) mass is 390 g/mol. The Morgan fingerprint density at radius 1 is 1.17 bits per heavy atom. The first kappa shape index (κ1) is 16.0. The summed E-state index contributed by atoms with van der Waals surface area (Å²) in [6.07, 6.45) is 0. The number of benzene rings is 1. The SMILES string of the molecule is Cc1cc(C)cc(NC(=O)c2c(-c3ccc(Br)s3)noc2C)c1. The maximum Gasteiger partial charge on any atom is 0.261 e. The van der Waals surface area contributed by atoms with Crippen molar-refractivity contribution in [1.82, 2.24) is 5.16 Å². The van der Waals surface area contributed by atoms with Gasteiger partial charge in [0.25, 0.3) is 5.91 Å². The number of amides is 1. The van der Waals surface area contributed by atoms with Crippen molar-refractivity contribution in [3.05, 3.63) is 56.6 Å². The highest BCUT2D eigenvalue weighted by molar-refractivity contribution is 9.11. The summed E-state index contributed by atoms with van der Waals surface area (Å²) in [4.78, 5) is 13.6. The number of hydrogen-bond donors (Lipinski definition) is 1. The summed E-state index contributed by atoms with van der Waals surface area (Å²) in [5.74, 6) is 0.291. The molecule has 3 aromatic rings. The zero-order valence-corrected chi connectivity index (χ0v) is 15.3. The van der Waals surface area contributed by atoms with Gasteiger partial charge in [-0.25, -0.2) is 0 Å². The highest BCUT2D eigenvalue weighted by Gasteiger charge is 2.22. The predicted molar refractivity (Wildman–Crippen MR) is 96.1 cm³/mol. The number of nitrogens with one attached hydrogen (secondary N) is 1. The molecule has 0 fully saturated rings. The van der Waals surface area contributed by atoms with Crippen molar-refractivity contribution in [2.45, 2.75) is 20.8 Å². The highest BCUT2D eigenvalue weighted by Crippen LogP contribution is 2.34. The van der Waals surface area contributed by atoms with Crippen LogP contribution in [0, 0.1) is 20.8 Å². The van der Waals surface area contributed by atoms with Crippen LogP contribution in [0.15, 0.2) is 38.6 Å². The van der Waals surface area contributed by atoms with E-state index in [1.807, 2.05) is 38.1 Å². The van der Waals surface area contributed by atoms with Crippen molar-refractivity contribution < 1.29 is 9.32 Å². The molecule has 23 heavy (non-hydrogen) atoms. The van der Waals surface area contributed by atoms with Gasteiger partial charge >= 0.3 is 0 Å². The van der Waals surface area contributed by atoms with Gasteiger partial charge in [0.2, 0.25) is 0 Å². The molecule has 118 valence electrons. The zero-order valence-electron chi connectivity index (χ0n) is 12.9. The number of hydrogen-bond acceptors (Lipinski definition) is 4. The molecule has 0 spiro atoms. The fourth-order valence-corrected chi connectivity index (χ4v) is 3.86. The van der Waals surface area contributed by atoms with Crippen LogP contribution in [0.3, 0.4) is 0 Å². The lowest BCUT2D eigenvalue weighted by atomic mass is 10.1. The van der Waals surface area contributed by atoms with Crippen LogP contribution in [0.5, 0.6) is 0 Å². The molecule has 1 amide bonds. The number of carbonyl (C=O) groups excluding carboxylic acids is 1. The van der Waals surface area contributed by atoms with Crippen LogP contribution in [0.25, 0.3) is 10.6 Å². The van der Waals surface area contributed by atoms with Crippen molar-refractivity contribution >= 4 is 38.9 Å². The van der Waals surface area contributed by atoms with E-state index in [0.717, 1.165) is 25.5 Å². The van der Waals surface area contributed by atoms with Crippen molar-refractivity contribution in [1.29, 1.82) is 0 Å². The first-order valence-electron chi connectivity index (χ1n) is 7.05. The second-order valence-electron chi connectivity index (χ2n) is 5.40. The Labute approximate surface area is 146 Å². The molecule has 0 aliphatic rings. The van der Waals surface area contributed by atoms with Crippen LogP contribution in [0.1, 0.15) is 27.2 Å². The van der Waals surface area contributed by atoms with Gasteiger partial charge in [-0.05, 0) is 72.1 Å². The van der Waals surface area contributed by atoms with Gasteiger partial charge in [-0.2, -0.15) is 0 Å². The molecule has 3 rings (SSSR count). The van der Waals surface area contributed by atoms with Crippen LogP contribution in [0.2, 0.25) is 0 Å². The van der Waals surface area contributed by atoms with Crippen LogP contribution >= 0.6 is 27.3 Å². The van der Waals surface area contributed by atoms with Crippen molar-refractivity contribution in [3.63, 3.8) is 0 Å². The summed E-state index contributed by atoms with van der Waals surface area (Å²) < 4.78 is 6.23. The third kappa shape index (κ3) is 3.38. The molecule has 2 heterocycles. The Balaban J connectivity index is 1.95.